The van der Waals surface area contributed by atoms with Gasteiger partial charge in [-0.2, -0.15) is 0 Å². The van der Waals surface area contributed by atoms with E-state index in [4.69, 9.17) is 22.1 Å². The van der Waals surface area contributed by atoms with E-state index in [9.17, 15) is 4.79 Å². The number of aromatic nitrogens is 1. The van der Waals surface area contributed by atoms with Crippen LogP contribution in [0.4, 0.5) is 0 Å². The van der Waals surface area contributed by atoms with Crippen molar-refractivity contribution in [2.45, 2.75) is 26.3 Å². The number of aromatic amines is 1. The molecule has 0 radical (unpaired) electrons. The summed E-state index contributed by atoms with van der Waals surface area (Å²) in [6.07, 6.45) is 5.85. The molecular weight excluding hydrogens is 476 g/mol. The van der Waals surface area contributed by atoms with Gasteiger partial charge in [-0.05, 0) is 73.1 Å². The predicted octanol–water partition coefficient (Wildman–Crippen LogP) is 5.14. The van der Waals surface area contributed by atoms with Crippen LogP contribution in [-0.4, -0.2) is 55.9 Å². The van der Waals surface area contributed by atoms with Gasteiger partial charge in [-0.3, -0.25) is 14.7 Å². The van der Waals surface area contributed by atoms with E-state index in [2.05, 4.69) is 50.9 Å². The van der Waals surface area contributed by atoms with Crippen molar-refractivity contribution in [2.24, 2.45) is 16.6 Å². The molecule has 4 rings (SSSR count). The summed E-state index contributed by atoms with van der Waals surface area (Å²) >= 11 is 6.24. The van der Waals surface area contributed by atoms with E-state index in [1.54, 1.807) is 12.3 Å². The van der Waals surface area contributed by atoms with E-state index in [0.29, 0.717) is 32.1 Å². The van der Waals surface area contributed by atoms with Gasteiger partial charge in [0, 0.05) is 34.4 Å². The van der Waals surface area contributed by atoms with Crippen LogP contribution in [0.5, 0.6) is 5.75 Å². The van der Waals surface area contributed by atoms with Crippen molar-refractivity contribution in [3.8, 4) is 5.75 Å². The van der Waals surface area contributed by atoms with Crippen LogP contribution < -0.4 is 10.5 Å². The number of allylic oxidation sites excluding steroid dienone is 1. The van der Waals surface area contributed by atoms with Gasteiger partial charge in [0.25, 0.3) is 6.47 Å². The zero-order chi connectivity index (χ0) is 25.9. The molecule has 0 aliphatic carbocycles. The molecule has 7 nitrogen and oxygen atoms in total. The van der Waals surface area contributed by atoms with Crippen LogP contribution in [0.25, 0.3) is 10.9 Å². The molecule has 0 spiro atoms. The van der Waals surface area contributed by atoms with Crippen molar-refractivity contribution in [2.75, 3.05) is 33.4 Å². The molecule has 1 unspecified atom stereocenters. The third kappa shape index (κ3) is 7.35. The van der Waals surface area contributed by atoms with Crippen molar-refractivity contribution in [3.05, 3.63) is 76.6 Å². The Morgan fingerprint density at radius 1 is 1.25 bits per heavy atom. The molecule has 0 bridgehead atoms. The maximum Gasteiger partial charge on any atom is 0.293 e. The van der Waals surface area contributed by atoms with Crippen molar-refractivity contribution in [1.29, 1.82) is 0 Å². The Hall–Kier alpha value is -3.29. The Kier molecular flexibility index (Phi) is 10.4. The number of halogens is 1. The average Bonchev–Trinajstić information content (AvgIpc) is 3.23. The second-order valence-corrected chi connectivity index (χ2v) is 9.46. The number of carbonyl (C=O) groups excluding carboxylic acids is 1. The van der Waals surface area contributed by atoms with Crippen LogP contribution >= 0.6 is 11.6 Å². The Balaban J connectivity index is 0.000000454. The van der Waals surface area contributed by atoms with Gasteiger partial charge in [-0.25, -0.2) is 0 Å². The minimum Gasteiger partial charge on any atom is -0.492 e. The molecule has 1 atom stereocenters. The van der Waals surface area contributed by atoms with E-state index >= 15 is 0 Å². The quantitative estimate of drug-likeness (QED) is 0.236. The number of H-pyrrole nitrogens is 1. The molecule has 1 aliphatic rings. The van der Waals surface area contributed by atoms with Crippen molar-refractivity contribution in [3.63, 3.8) is 0 Å². The van der Waals surface area contributed by atoms with Crippen LogP contribution in [-0.2, 0) is 16.0 Å². The Labute approximate surface area is 217 Å². The van der Waals surface area contributed by atoms with E-state index in [-0.39, 0.29) is 6.04 Å². The number of rotatable bonds is 9. The molecular formula is C28H35ClN4O3. The molecule has 3 aromatic rings. The molecule has 2 heterocycles. The zero-order valence-corrected chi connectivity index (χ0v) is 21.9. The lowest BCUT2D eigenvalue weighted by atomic mass is 9.93. The second-order valence-electron chi connectivity index (χ2n) is 9.02. The zero-order valence-electron chi connectivity index (χ0n) is 21.1. The lowest BCUT2D eigenvalue weighted by molar-refractivity contribution is -0.129. The van der Waals surface area contributed by atoms with Crippen molar-refractivity contribution < 1.29 is 14.3 Å². The largest absolute Gasteiger partial charge is 0.492 e. The maximum atomic E-state index is 9.49. The SMILES string of the molecule is CC(C)COC=O.CN1CCc2c([nH]c3ccc(Cl)cc23)C1c1ccc(OCCN=C/C=C\N)cc1. The number of benzene rings is 2. The minimum absolute atomic E-state index is 0.187. The number of hydrogen-bond acceptors (Lipinski definition) is 6. The molecule has 0 saturated carbocycles. The first kappa shape index (κ1) is 27.3. The number of nitrogens with one attached hydrogen (secondary N) is 1. The Morgan fingerprint density at radius 2 is 2.03 bits per heavy atom. The number of likely N-dealkylation sites (N-methyl/N-ethyl adjacent to an activating group) is 1. The molecule has 0 amide bonds. The standard InChI is InChI=1S/C23H25ClN4O.C5H10O2/c1-28-13-9-19-20-15-17(24)5-8-21(20)27-22(19)23(28)16-3-6-18(7-4-16)29-14-12-26-11-2-10-25;1-5(2)3-7-4-6/h2-8,10-11,15,23,27H,9,12-14,25H2,1H3;4-5H,3H2,1-2H3/b10-2-,26-11?;. The van der Waals surface area contributed by atoms with Gasteiger partial charge in [0.2, 0.25) is 0 Å². The summed E-state index contributed by atoms with van der Waals surface area (Å²) < 4.78 is 10.2. The molecule has 1 aliphatic heterocycles. The highest BCUT2D eigenvalue weighted by atomic mass is 35.5. The first-order chi connectivity index (χ1) is 17.4. The van der Waals surface area contributed by atoms with E-state index in [1.807, 2.05) is 32.0 Å². The van der Waals surface area contributed by atoms with E-state index in [1.165, 1.54) is 28.4 Å². The second kappa shape index (κ2) is 13.7. The number of fused-ring (bicyclic) bond motifs is 3. The fourth-order valence-corrected chi connectivity index (χ4v) is 4.35. The van der Waals surface area contributed by atoms with E-state index < -0.39 is 0 Å². The molecule has 36 heavy (non-hydrogen) atoms. The summed E-state index contributed by atoms with van der Waals surface area (Å²) in [5, 5.41) is 2.01. The van der Waals surface area contributed by atoms with Crippen molar-refractivity contribution in [1.82, 2.24) is 9.88 Å². The highest BCUT2D eigenvalue weighted by molar-refractivity contribution is 6.31. The van der Waals surface area contributed by atoms with Crippen LogP contribution in [0, 0.1) is 5.92 Å². The molecule has 0 fully saturated rings. The van der Waals surface area contributed by atoms with Gasteiger partial charge in [0.05, 0.1) is 19.2 Å². The summed E-state index contributed by atoms with van der Waals surface area (Å²) in [5.41, 5.74) is 10.3. The Bertz CT molecular complexity index is 1170. The number of aliphatic imine (C=N–C) groups is 1. The van der Waals surface area contributed by atoms with Gasteiger partial charge in [-0.15, -0.1) is 0 Å². The van der Waals surface area contributed by atoms with Gasteiger partial charge in [0.15, 0.2) is 0 Å². The number of carbonyl (C=O) groups is 1. The van der Waals surface area contributed by atoms with Crippen LogP contribution in [0.15, 0.2) is 59.7 Å². The highest BCUT2D eigenvalue weighted by Gasteiger charge is 2.29. The normalized spacial score (nSPS) is 15.8. The topological polar surface area (TPSA) is 92.9 Å². The predicted molar refractivity (Wildman–Crippen MR) is 147 cm³/mol. The number of hydrogen-bond donors (Lipinski definition) is 2. The van der Waals surface area contributed by atoms with Gasteiger partial charge in [0.1, 0.15) is 12.4 Å². The van der Waals surface area contributed by atoms with Crippen LogP contribution in [0.2, 0.25) is 5.02 Å². The molecule has 3 N–H and O–H groups in total. The maximum absolute atomic E-state index is 9.49. The van der Waals surface area contributed by atoms with Gasteiger partial charge in [-0.1, -0.05) is 37.6 Å². The highest BCUT2D eigenvalue weighted by Crippen LogP contribution is 2.38. The van der Waals surface area contributed by atoms with Crippen LogP contribution in [0.3, 0.4) is 0 Å². The molecule has 8 heteroatoms. The molecule has 0 saturated heterocycles. The van der Waals surface area contributed by atoms with Gasteiger partial charge >= 0.3 is 0 Å². The summed E-state index contributed by atoms with van der Waals surface area (Å²) in [5.74, 6) is 1.30. The fraction of sp³-hybridized carbons (Fsp3) is 0.357. The summed E-state index contributed by atoms with van der Waals surface area (Å²) in [4.78, 5) is 19.7. The molecule has 192 valence electrons. The summed E-state index contributed by atoms with van der Waals surface area (Å²) in [6.45, 7) is 7.12. The summed E-state index contributed by atoms with van der Waals surface area (Å²) in [6, 6.07) is 14.6. The lowest BCUT2D eigenvalue weighted by Gasteiger charge is -2.33. The number of ether oxygens (including phenoxy) is 2. The number of nitrogens with two attached hydrogens (primary N) is 1. The Morgan fingerprint density at radius 3 is 2.69 bits per heavy atom. The van der Waals surface area contributed by atoms with Gasteiger partial charge < -0.3 is 20.2 Å². The first-order valence-corrected chi connectivity index (χ1v) is 12.5. The first-order valence-electron chi connectivity index (χ1n) is 12.1. The third-order valence-electron chi connectivity index (χ3n) is 5.82. The fourth-order valence-electron chi connectivity index (χ4n) is 4.18. The third-order valence-corrected chi connectivity index (χ3v) is 6.05. The average molecular weight is 511 g/mol. The monoisotopic (exact) mass is 510 g/mol. The van der Waals surface area contributed by atoms with Crippen LogP contribution in [0.1, 0.15) is 36.7 Å². The minimum atomic E-state index is 0.187. The number of nitrogens with zero attached hydrogens (tertiary/aromatic N) is 2. The van der Waals surface area contributed by atoms with E-state index in [0.717, 1.165) is 29.3 Å². The smallest absolute Gasteiger partial charge is 0.293 e. The van der Waals surface area contributed by atoms with Crippen molar-refractivity contribution >= 4 is 35.2 Å². The lowest BCUT2D eigenvalue weighted by Crippen LogP contribution is -2.32. The summed E-state index contributed by atoms with van der Waals surface area (Å²) in [7, 11) is 2.17. The molecule has 1 aromatic heterocycles. The molecule has 2 aromatic carbocycles.